The van der Waals surface area contributed by atoms with Crippen LogP contribution in [-0.2, 0) is 0 Å². The number of ether oxygens (including phenoxy) is 1. The van der Waals surface area contributed by atoms with Gasteiger partial charge in [0.2, 0.25) is 11.6 Å². The second-order valence-corrected chi connectivity index (χ2v) is 8.85. The first-order chi connectivity index (χ1) is 14.0. The van der Waals surface area contributed by atoms with Crippen molar-refractivity contribution < 1.29 is 9.66 Å². The summed E-state index contributed by atoms with van der Waals surface area (Å²) in [7, 11) is 1.60. The zero-order chi connectivity index (χ0) is 20.0. The Bertz CT molecular complexity index is 895. The summed E-state index contributed by atoms with van der Waals surface area (Å²) < 4.78 is 5.16. The topological polar surface area (TPSA) is 102 Å². The molecule has 1 aromatic carbocycles. The number of hydrogen-bond donors (Lipinski definition) is 2. The van der Waals surface area contributed by atoms with Gasteiger partial charge in [-0.1, -0.05) is 0 Å². The molecule has 0 unspecified atom stereocenters. The Morgan fingerprint density at radius 1 is 1.03 bits per heavy atom. The van der Waals surface area contributed by atoms with Gasteiger partial charge in [-0.2, -0.15) is 0 Å². The molecule has 6 rings (SSSR count). The minimum absolute atomic E-state index is 0.0642. The molecule has 29 heavy (non-hydrogen) atoms. The average Bonchev–Trinajstić information content (AvgIpc) is 2.67. The third-order valence-corrected chi connectivity index (χ3v) is 6.78. The molecule has 1 aromatic heterocycles. The lowest BCUT2D eigenvalue weighted by atomic mass is 9.53. The number of methoxy groups -OCH3 is 1. The maximum Gasteiger partial charge on any atom is 0.353 e. The SMILES string of the molecule is COc1ccc(Nc2ncnc(NC34CC5CC(CC(C5)C3)C4)c2[N+](=O)[O-])cc1. The lowest BCUT2D eigenvalue weighted by molar-refractivity contribution is -0.383. The molecule has 4 fully saturated rings. The molecule has 1 heterocycles. The number of anilines is 3. The van der Waals surface area contributed by atoms with Crippen molar-refractivity contribution in [3.8, 4) is 5.75 Å². The second-order valence-electron chi connectivity index (χ2n) is 8.85. The van der Waals surface area contributed by atoms with Gasteiger partial charge in [0.05, 0.1) is 12.0 Å². The third kappa shape index (κ3) is 3.36. The van der Waals surface area contributed by atoms with Crippen LogP contribution < -0.4 is 15.4 Å². The van der Waals surface area contributed by atoms with Crippen LogP contribution in [0.5, 0.6) is 5.75 Å². The Labute approximate surface area is 169 Å². The van der Waals surface area contributed by atoms with Crippen LogP contribution >= 0.6 is 0 Å². The van der Waals surface area contributed by atoms with E-state index in [1.165, 1.54) is 25.6 Å². The van der Waals surface area contributed by atoms with E-state index in [-0.39, 0.29) is 17.0 Å². The highest BCUT2D eigenvalue weighted by atomic mass is 16.6. The highest BCUT2D eigenvalue weighted by Gasteiger charge is 2.51. The molecule has 4 aliphatic carbocycles. The Balaban J connectivity index is 1.44. The van der Waals surface area contributed by atoms with E-state index in [1.54, 1.807) is 31.4 Å². The molecule has 0 aliphatic heterocycles. The fraction of sp³-hybridized carbons (Fsp3) is 0.524. The van der Waals surface area contributed by atoms with Crippen LogP contribution in [0.4, 0.5) is 23.0 Å². The first-order valence-corrected chi connectivity index (χ1v) is 10.2. The number of nitrogens with one attached hydrogen (secondary N) is 2. The number of rotatable bonds is 6. The summed E-state index contributed by atoms with van der Waals surface area (Å²) >= 11 is 0. The molecule has 2 aromatic rings. The van der Waals surface area contributed by atoms with E-state index in [1.807, 2.05) is 0 Å². The van der Waals surface area contributed by atoms with Gasteiger partial charge in [0.25, 0.3) is 0 Å². The number of nitrogens with zero attached hydrogens (tertiary/aromatic N) is 3. The smallest absolute Gasteiger partial charge is 0.353 e. The Morgan fingerprint density at radius 2 is 1.62 bits per heavy atom. The lowest BCUT2D eigenvalue weighted by Crippen LogP contribution is -2.55. The number of hydrogen-bond acceptors (Lipinski definition) is 7. The van der Waals surface area contributed by atoms with Crippen LogP contribution in [0.1, 0.15) is 38.5 Å². The summed E-state index contributed by atoms with van der Waals surface area (Å²) in [6, 6.07) is 7.20. The zero-order valence-electron chi connectivity index (χ0n) is 16.4. The van der Waals surface area contributed by atoms with Gasteiger partial charge in [-0.3, -0.25) is 10.1 Å². The predicted molar refractivity (Wildman–Crippen MR) is 109 cm³/mol. The van der Waals surface area contributed by atoms with Gasteiger partial charge in [0.1, 0.15) is 12.1 Å². The summed E-state index contributed by atoms with van der Waals surface area (Å²) in [4.78, 5) is 20.0. The van der Waals surface area contributed by atoms with Crippen LogP contribution in [-0.4, -0.2) is 27.5 Å². The summed E-state index contributed by atoms with van der Waals surface area (Å²) in [5.41, 5.74) is 0.540. The molecule has 4 aliphatic rings. The minimum atomic E-state index is -0.394. The van der Waals surface area contributed by atoms with E-state index in [2.05, 4.69) is 20.6 Å². The van der Waals surface area contributed by atoms with E-state index >= 15 is 0 Å². The van der Waals surface area contributed by atoms with Gasteiger partial charge in [0.15, 0.2) is 0 Å². The van der Waals surface area contributed by atoms with E-state index < -0.39 is 4.92 Å². The van der Waals surface area contributed by atoms with Crippen molar-refractivity contribution in [1.82, 2.24) is 9.97 Å². The Hall–Kier alpha value is -2.90. The van der Waals surface area contributed by atoms with Crippen LogP contribution in [0.25, 0.3) is 0 Å². The fourth-order valence-corrected chi connectivity index (χ4v) is 6.06. The third-order valence-electron chi connectivity index (χ3n) is 6.78. The molecule has 4 saturated carbocycles. The molecule has 0 spiro atoms. The molecule has 0 saturated heterocycles. The molecule has 2 N–H and O–H groups in total. The van der Waals surface area contributed by atoms with Gasteiger partial charge in [-0.05, 0) is 80.5 Å². The fourth-order valence-electron chi connectivity index (χ4n) is 6.06. The van der Waals surface area contributed by atoms with Gasteiger partial charge >= 0.3 is 5.69 Å². The lowest BCUT2D eigenvalue weighted by Gasteiger charge is -2.57. The molecule has 0 atom stereocenters. The van der Waals surface area contributed by atoms with Crippen molar-refractivity contribution in [3.63, 3.8) is 0 Å². The second kappa shape index (κ2) is 6.86. The van der Waals surface area contributed by atoms with Crippen molar-refractivity contribution in [2.24, 2.45) is 17.8 Å². The maximum atomic E-state index is 11.9. The number of nitro groups is 1. The first kappa shape index (κ1) is 18.1. The number of benzene rings is 1. The first-order valence-electron chi connectivity index (χ1n) is 10.2. The average molecular weight is 395 g/mol. The Kier molecular flexibility index (Phi) is 4.29. The molecule has 8 nitrogen and oxygen atoms in total. The van der Waals surface area contributed by atoms with Crippen molar-refractivity contribution in [3.05, 3.63) is 40.7 Å². The van der Waals surface area contributed by atoms with Crippen molar-refractivity contribution in [2.45, 2.75) is 44.1 Å². The van der Waals surface area contributed by atoms with E-state index in [9.17, 15) is 10.1 Å². The predicted octanol–water partition coefficient (Wildman–Crippen LogP) is 4.52. The van der Waals surface area contributed by atoms with Crippen LogP contribution in [0.15, 0.2) is 30.6 Å². The summed E-state index contributed by atoms with van der Waals surface area (Å²) in [5.74, 6) is 3.46. The van der Waals surface area contributed by atoms with Gasteiger partial charge in [0, 0.05) is 11.2 Å². The van der Waals surface area contributed by atoms with Gasteiger partial charge in [-0.25, -0.2) is 9.97 Å². The molecule has 4 bridgehead atoms. The maximum absolute atomic E-state index is 11.9. The van der Waals surface area contributed by atoms with E-state index in [4.69, 9.17) is 4.74 Å². The monoisotopic (exact) mass is 395 g/mol. The van der Waals surface area contributed by atoms with Gasteiger partial charge in [-0.15, -0.1) is 0 Å². The normalized spacial score (nSPS) is 29.5. The summed E-state index contributed by atoms with van der Waals surface area (Å²) in [5, 5.41) is 18.5. The summed E-state index contributed by atoms with van der Waals surface area (Å²) in [6.45, 7) is 0. The molecule has 8 heteroatoms. The minimum Gasteiger partial charge on any atom is -0.497 e. The highest BCUT2D eigenvalue weighted by Crippen LogP contribution is 2.57. The van der Waals surface area contributed by atoms with Gasteiger partial charge < -0.3 is 15.4 Å². The van der Waals surface area contributed by atoms with Crippen LogP contribution in [0, 0.1) is 27.9 Å². The molecule has 152 valence electrons. The van der Waals surface area contributed by atoms with Crippen molar-refractivity contribution >= 4 is 23.0 Å². The molecular weight excluding hydrogens is 370 g/mol. The van der Waals surface area contributed by atoms with Crippen molar-refractivity contribution in [2.75, 3.05) is 17.7 Å². The molecule has 0 amide bonds. The zero-order valence-corrected chi connectivity index (χ0v) is 16.4. The Morgan fingerprint density at radius 3 is 2.17 bits per heavy atom. The summed E-state index contributed by atoms with van der Waals surface area (Å²) in [6.07, 6.45) is 8.59. The highest BCUT2D eigenvalue weighted by molar-refractivity contribution is 5.74. The molecule has 0 radical (unpaired) electrons. The van der Waals surface area contributed by atoms with Crippen LogP contribution in [0.3, 0.4) is 0 Å². The molecular formula is C21H25N5O3. The van der Waals surface area contributed by atoms with E-state index in [0.717, 1.165) is 42.8 Å². The largest absolute Gasteiger partial charge is 0.497 e. The quantitative estimate of drug-likeness (QED) is 0.548. The van der Waals surface area contributed by atoms with E-state index in [0.29, 0.717) is 11.5 Å². The number of aromatic nitrogens is 2. The standard InChI is InChI=1S/C21H25N5O3/c1-29-17-4-2-16(3-5-17)24-19-18(26(27)28)20(23-12-22-19)25-21-9-13-6-14(10-21)8-15(7-13)11-21/h2-5,12-15H,6-11H2,1H3,(H2,22,23,24,25). The van der Waals surface area contributed by atoms with Crippen molar-refractivity contribution in [1.29, 1.82) is 0 Å². The van der Waals surface area contributed by atoms with Crippen LogP contribution in [0.2, 0.25) is 0 Å².